The molecule has 3 heterocycles. The minimum absolute atomic E-state index is 0. The van der Waals surface area contributed by atoms with Crippen LogP contribution in [-0.2, 0) is 17.1 Å². The number of aromatic hydroxyl groups is 3. The van der Waals surface area contributed by atoms with E-state index in [-0.39, 0.29) is 68.7 Å². The van der Waals surface area contributed by atoms with Crippen molar-refractivity contribution < 1.29 is 46.8 Å². The van der Waals surface area contributed by atoms with Crippen LogP contribution in [0.2, 0.25) is 0 Å². The first-order valence-electron chi connectivity index (χ1n) is 9.31. The first kappa shape index (κ1) is 29.8. The van der Waals surface area contributed by atoms with Gasteiger partial charge in [-0.25, -0.2) is 0 Å². The molecule has 13 heteroatoms. The third kappa shape index (κ3) is 9.10. The van der Waals surface area contributed by atoms with Crippen LogP contribution >= 0.6 is 0 Å². The van der Waals surface area contributed by atoms with Gasteiger partial charge in [-0.1, -0.05) is 0 Å². The first-order chi connectivity index (χ1) is 15.8. The average molecular weight is 512 g/mol. The number of amides is 3. The van der Waals surface area contributed by atoms with Crippen molar-refractivity contribution >= 4 is 17.7 Å². The molecular weight excluding hydrogens is 488 g/mol. The molecule has 0 radical (unpaired) electrons. The zero-order chi connectivity index (χ0) is 24.8. The number of nitrogens with zero attached hydrogens (tertiary/aromatic N) is 3. The minimum Gasteiger partial charge on any atom is -0.505 e. The monoisotopic (exact) mass is 512 g/mol. The molecule has 0 spiro atoms. The van der Waals surface area contributed by atoms with Gasteiger partial charge >= 0.3 is 0 Å². The van der Waals surface area contributed by atoms with Gasteiger partial charge in [0.2, 0.25) is 0 Å². The van der Waals surface area contributed by atoms with Crippen LogP contribution in [-0.4, -0.2) is 69.1 Å². The van der Waals surface area contributed by atoms with Gasteiger partial charge in [0.05, 0.1) is 35.3 Å². The minimum atomic E-state index is -0.315. The van der Waals surface area contributed by atoms with Crippen LogP contribution in [0.25, 0.3) is 0 Å². The second-order valence-electron chi connectivity index (χ2n) is 5.92. The van der Waals surface area contributed by atoms with Crippen molar-refractivity contribution in [3.8, 4) is 17.2 Å². The molecule has 0 fully saturated rings. The molecule has 0 saturated carbocycles. The van der Waals surface area contributed by atoms with Crippen LogP contribution in [0, 0.1) is 0 Å². The summed E-state index contributed by atoms with van der Waals surface area (Å²) in [5.74, 6) is -1.26. The van der Waals surface area contributed by atoms with Crippen molar-refractivity contribution in [2.45, 2.75) is 0 Å². The normalized spacial score (nSPS) is 8.91. The molecule has 0 aliphatic rings. The van der Waals surface area contributed by atoms with Gasteiger partial charge < -0.3 is 31.3 Å². The molecule has 6 N–H and O–H groups in total. The molecule has 3 aromatic rings. The van der Waals surface area contributed by atoms with Gasteiger partial charge in [-0.2, -0.15) is 0 Å². The maximum absolute atomic E-state index is 10.9. The Morgan fingerprint density at radius 1 is 0.588 bits per heavy atom. The Balaban J connectivity index is 0.000000473. The molecule has 0 unspecified atom stereocenters. The van der Waals surface area contributed by atoms with Gasteiger partial charge in [0.15, 0.2) is 0 Å². The zero-order valence-electron chi connectivity index (χ0n) is 18.5. The van der Waals surface area contributed by atoms with E-state index in [0.29, 0.717) is 0 Å². The van der Waals surface area contributed by atoms with Crippen LogP contribution in [0.3, 0.4) is 0 Å². The van der Waals surface area contributed by atoms with Crippen LogP contribution in [0.1, 0.15) is 31.1 Å². The third-order valence-corrected chi connectivity index (χ3v) is 3.82. The quantitative estimate of drug-likeness (QED) is 0.271. The predicted molar refractivity (Wildman–Crippen MR) is 118 cm³/mol. The van der Waals surface area contributed by atoms with Gasteiger partial charge in [-0.05, 0) is 18.2 Å². The molecule has 182 valence electrons. The summed E-state index contributed by atoms with van der Waals surface area (Å²) in [4.78, 5) is 43.7. The number of aromatic nitrogens is 3. The Kier molecular flexibility index (Phi) is 13.6. The molecule has 0 aliphatic heterocycles. The van der Waals surface area contributed by atoms with E-state index >= 15 is 0 Å². The van der Waals surface area contributed by atoms with E-state index in [2.05, 4.69) is 30.9 Å². The standard InChI is InChI=1S/3C7H8N2O2.Fe/c3*1-8-7(11)5-2-3-9-4-6(5)10;/h3*2-4,10H,1H3,(H,8,11);. The molecule has 34 heavy (non-hydrogen) atoms. The van der Waals surface area contributed by atoms with Crippen LogP contribution in [0.4, 0.5) is 0 Å². The van der Waals surface area contributed by atoms with E-state index in [1.807, 2.05) is 0 Å². The summed E-state index contributed by atoms with van der Waals surface area (Å²) in [6.07, 6.45) is 8.03. The second kappa shape index (κ2) is 15.6. The summed E-state index contributed by atoms with van der Waals surface area (Å²) in [5.41, 5.74) is 0.715. The molecule has 3 aromatic heterocycles. The maximum Gasteiger partial charge on any atom is 0.254 e. The van der Waals surface area contributed by atoms with Crippen molar-refractivity contribution in [1.29, 1.82) is 0 Å². The Morgan fingerprint density at radius 2 is 0.824 bits per heavy atom. The smallest absolute Gasteiger partial charge is 0.254 e. The Hall–Kier alpha value is -4.22. The topological polar surface area (TPSA) is 187 Å². The fourth-order valence-corrected chi connectivity index (χ4v) is 2.14. The Morgan fingerprint density at radius 3 is 1.00 bits per heavy atom. The molecule has 0 saturated heterocycles. The number of nitrogens with one attached hydrogen (secondary N) is 3. The molecule has 3 amide bonds. The summed E-state index contributed by atoms with van der Waals surface area (Å²) < 4.78 is 0. The van der Waals surface area contributed by atoms with E-state index in [9.17, 15) is 14.4 Å². The number of hydrogen-bond donors (Lipinski definition) is 6. The van der Waals surface area contributed by atoms with Crippen molar-refractivity contribution in [3.05, 3.63) is 72.1 Å². The van der Waals surface area contributed by atoms with Crippen LogP contribution in [0.5, 0.6) is 17.2 Å². The summed E-state index contributed by atoms with van der Waals surface area (Å²) in [6.45, 7) is 0. The molecule has 0 aliphatic carbocycles. The number of carbonyl (C=O) groups is 3. The van der Waals surface area contributed by atoms with Crippen molar-refractivity contribution in [2.75, 3.05) is 21.1 Å². The Bertz CT molecular complexity index is 962. The molecule has 0 atom stereocenters. The molecule has 3 rings (SSSR count). The average Bonchev–Trinajstić information content (AvgIpc) is 2.84. The van der Waals surface area contributed by atoms with Crippen LogP contribution < -0.4 is 16.0 Å². The van der Waals surface area contributed by atoms with Gasteiger partial charge in [0, 0.05) is 56.8 Å². The summed E-state index contributed by atoms with van der Waals surface area (Å²) >= 11 is 0. The van der Waals surface area contributed by atoms with Crippen molar-refractivity contribution in [1.82, 2.24) is 30.9 Å². The number of hydrogen-bond acceptors (Lipinski definition) is 9. The maximum atomic E-state index is 10.9. The zero-order valence-corrected chi connectivity index (χ0v) is 19.6. The third-order valence-electron chi connectivity index (χ3n) is 3.82. The molecule has 0 aromatic carbocycles. The van der Waals surface area contributed by atoms with E-state index in [0.717, 1.165) is 0 Å². The first-order valence-corrected chi connectivity index (χ1v) is 9.31. The summed E-state index contributed by atoms with van der Waals surface area (Å²) in [5, 5.41) is 34.5. The number of pyridine rings is 3. The van der Waals surface area contributed by atoms with Gasteiger partial charge in [0.25, 0.3) is 17.7 Å². The molecule has 0 bridgehead atoms. The summed E-state index contributed by atoms with van der Waals surface area (Å²) in [7, 11) is 4.51. The van der Waals surface area contributed by atoms with Gasteiger partial charge in [-0.3, -0.25) is 29.3 Å². The fraction of sp³-hybridized carbons (Fsp3) is 0.143. The fourth-order valence-electron chi connectivity index (χ4n) is 2.14. The second-order valence-corrected chi connectivity index (χ2v) is 5.92. The Labute approximate surface area is 206 Å². The van der Waals surface area contributed by atoms with E-state index in [1.165, 1.54) is 76.5 Å². The SMILES string of the molecule is CNC(=O)c1ccncc1O.CNC(=O)c1ccncc1O.CNC(=O)c1ccncc1O.[Fe]. The predicted octanol–water partition coefficient (Wildman–Crippen LogP) is 0.438. The number of rotatable bonds is 3. The van der Waals surface area contributed by atoms with Gasteiger partial charge in [0.1, 0.15) is 17.2 Å². The van der Waals surface area contributed by atoms with Crippen molar-refractivity contribution in [3.63, 3.8) is 0 Å². The number of carbonyl (C=O) groups excluding carboxylic acids is 3. The summed E-state index contributed by atoms with van der Waals surface area (Å²) in [6, 6.07) is 4.36. The molecular formula is C21H24FeN6O6. The van der Waals surface area contributed by atoms with Crippen molar-refractivity contribution in [2.24, 2.45) is 0 Å². The van der Waals surface area contributed by atoms with E-state index in [1.54, 1.807) is 0 Å². The van der Waals surface area contributed by atoms with E-state index in [4.69, 9.17) is 15.3 Å². The van der Waals surface area contributed by atoms with E-state index < -0.39 is 0 Å². The van der Waals surface area contributed by atoms with Crippen LogP contribution in [0.15, 0.2) is 55.4 Å². The molecule has 12 nitrogen and oxygen atoms in total. The largest absolute Gasteiger partial charge is 0.505 e. The van der Waals surface area contributed by atoms with Gasteiger partial charge in [-0.15, -0.1) is 0 Å².